The van der Waals surface area contributed by atoms with E-state index < -0.39 is 6.10 Å². The van der Waals surface area contributed by atoms with Crippen LogP contribution in [0.2, 0.25) is 0 Å². The van der Waals surface area contributed by atoms with Crippen molar-refractivity contribution in [3.8, 4) is 0 Å². The lowest BCUT2D eigenvalue weighted by atomic mass is 9.62. The molecule has 3 saturated heterocycles. The van der Waals surface area contributed by atoms with Crippen molar-refractivity contribution in [3.05, 3.63) is 0 Å². The Balaban J connectivity index is 1.84. The quantitative estimate of drug-likeness (QED) is 0.590. The molecule has 3 rings (SSSR count). The predicted octanol–water partition coefficient (Wildman–Crippen LogP) is 1.92. The molecule has 0 bridgehead atoms. The second-order valence-corrected chi connectivity index (χ2v) is 10.9. The normalized spacial score (nSPS) is 25.0. The van der Waals surface area contributed by atoms with Gasteiger partial charge in [-0.15, -0.1) is 0 Å². The summed E-state index contributed by atoms with van der Waals surface area (Å²) in [5.41, 5.74) is -0.276. The third kappa shape index (κ3) is 5.74. The molecule has 10 heteroatoms. The minimum atomic E-state index is -0.494. The van der Waals surface area contributed by atoms with Crippen LogP contribution in [0.4, 0.5) is 9.59 Å². The first-order valence-corrected chi connectivity index (χ1v) is 13.6. The topological polar surface area (TPSA) is 96.9 Å². The Bertz CT molecular complexity index is 764. The number of hydrogen-bond donors (Lipinski definition) is 1. The highest BCUT2D eigenvalue weighted by Gasteiger charge is 2.54. The fourth-order valence-corrected chi connectivity index (χ4v) is 6.75. The molecule has 0 aromatic carbocycles. The zero-order valence-corrected chi connectivity index (χ0v) is 22.9. The van der Waals surface area contributed by atoms with E-state index in [1.54, 1.807) is 38.1 Å². The molecule has 0 aliphatic carbocycles. The highest BCUT2D eigenvalue weighted by Crippen LogP contribution is 2.49. The van der Waals surface area contributed by atoms with E-state index in [0.717, 1.165) is 51.5 Å². The van der Waals surface area contributed by atoms with Gasteiger partial charge in [0.1, 0.15) is 6.10 Å². The first-order valence-electron chi connectivity index (χ1n) is 13.6. The second kappa shape index (κ2) is 12.4. The Morgan fingerprint density at radius 1 is 0.917 bits per heavy atom. The van der Waals surface area contributed by atoms with Gasteiger partial charge in [0, 0.05) is 73.1 Å². The monoisotopic (exact) mass is 509 g/mol. The first-order chi connectivity index (χ1) is 17.2. The van der Waals surface area contributed by atoms with Gasteiger partial charge in [-0.3, -0.25) is 4.79 Å². The van der Waals surface area contributed by atoms with Crippen LogP contribution in [-0.4, -0.2) is 133 Å². The van der Waals surface area contributed by atoms with Gasteiger partial charge in [-0.25, -0.2) is 9.59 Å². The first kappa shape index (κ1) is 28.5. The third-order valence-electron chi connectivity index (χ3n) is 8.77. The van der Waals surface area contributed by atoms with Gasteiger partial charge in [-0.2, -0.15) is 0 Å². The standard InChI is InChI=1S/C26H47N5O5/c1-20(36-5)23(33)31-13-7-6-12-26(31,21-8-14-29(15-9-21)24(34)27(2)3)22-10-16-30(17-11-22)25(35)28(4)18-19-32/h20-22,32H,6-19H2,1-5H3. The maximum atomic E-state index is 13.7. The summed E-state index contributed by atoms with van der Waals surface area (Å²) in [6.07, 6.45) is 6.00. The van der Waals surface area contributed by atoms with Gasteiger partial charge in [0.05, 0.1) is 6.61 Å². The lowest BCUT2D eigenvalue weighted by Gasteiger charge is -2.59. The highest BCUT2D eigenvalue weighted by atomic mass is 16.5. The number of piperidine rings is 3. The summed E-state index contributed by atoms with van der Waals surface area (Å²) in [5, 5.41) is 9.22. The minimum absolute atomic E-state index is 0.0448. The number of hydrogen-bond acceptors (Lipinski definition) is 5. The second-order valence-electron chi connectivity index (χ2n) is 10.9. The van der Waals surface area contributed by atoms with Crippen LogP contribution in [0.15, 0.2) is 0 Å². The van der Waals surface area contributed by atoms with Crippen molar-refractivity contribution in [2.75, 3.05) is 74.1 Å². The third-order valence-corrected chi connectivity index (χ3v) is 8.77. The van der Waals surface area contributed by atoms with Crippen molar-refractivity contribution in [3.63, 3.8) is 0 Å². The van der Waals surface area contributed by atoms with Crippen LogP contribution >= 0.6 is 0 Å². The van der Waals surface area contributed by atoms with E-state index in [1.165, 1.54) is 0 Å². The SMILES string of the molecule is COC(C)C(=O)N1CCCCC1(C1CCN(C(=O)N(C)C)CC1)C1CCN(C(=O)N(C)CCO)CC1. The van der Waals surface area contributed by atoms with E-state index in [9.17, 15) is 19.5 Å². The Morgan fingerprint density at radius 2 is 1.44 bits per heavy atom. The molecule has 0 aromatic rings. The van der Waals surface area contributed by atoms with E-state index in [2.05, 4.69) is 4.90 Å². The Kier molecular flexibility index (Phi) is 9.86. The van der Waals surface area contributed by atoms with Crippen molar-refractivity contribution in [1.29, 1.82) is 0 Å². The highest BCUT2D eigenvalue weighted by molar-refractivity contribution is 5.81. The number of ether oxygens (including phenoxy) is 1. The zero-order valence-electron chi connectivity index (χ0n) is 22.9. The fourth-order valence-electron chi connectivity index (χ4n) is 6.75. The number of urea groups is 2. The molecule has 0 saturated carbocycles. The van der Waals surface area contributed by atoms with Crippen molar-refractivity contribution >= 4 is 18.0 Å². The van der Waals surface area contributed by atoms with Gasteiger partial charge in [-0.05, 0) is 63.7 Å². The molecule has 0 spiro atoms. The molecule has 3 aliphatic rings. The Morgan fingerprint density at radius 3 is 1.92 bits per heavy atom. The van der Waals surface area contributed by atoms with E-state index in [4.69, 9.17) is 4.74 Å². The average molecular weight is 510 g/mol. The maximum Gasteiger partial charge on any atom is 0.319 e. The largest absolute Gasteiger partial charge is 0.395 e. The van der Waals surface area contributed by atoms with Crippen molar-refractivity contribution in [2.24, 2.45) is 11.8 Å². The summed E-state index contributed by atoms with van der Waals surface area (Å²) < 4.78 is 5.48. The fraction of sp³-hybridized carbons (Fsp3) is 0.885. The Hall–Kier alpha value is -2.07. The van der Waals surface area contributed by atoms with E-state index >= 15 is 0 Å². The van der Waals surface area contributed by atoms with Crippen LogP contribution in [0.1, 0.15) is 51.9 Å². The van der Waals surface area contributed by atoms with Crippen LogP contribution < -0.4 is 0 Å². The number of aliphatic hydroxyl groups excluding tert-OH is 1. The predicted molar refractivity (Wildman–Crippen MR) is 138 cm³/mol. The number of likely N-dealkylation sites (tertiary alicyclic amines) is 3. The van der Waals surface area contributed by atoms with Crippen LogP contribution in [0.25, 0.3) is 0 Å². The maximum absolute atomic E-state index is 13.7. The average Bonchev–Trinajstić information content (AvgIpc) is 2.91. The minimum Gasteiger partial charge on any atom is -0.395 e. The van der Waals surface area contributed by atoms with Gasteiger partial charge in [0.2, 0.25) is 0 Å². The molecule has 3 aliphatic heterocycles. The molecule has 0 aromatic heterocycles. The van der Waals surface area contributed by atoms with Gasteiger partial charge < -0.3 is 34.3 Å². The number of aliphatic hydroxyl groups is 1. The van der Waals surface area contributed by atoms with Gasteiger partial charge in [-0.1, -0.05) is 0 Å². The molecule has 206 valence electrons. The number of methoxy groups -OCH3 is 1. The molecule has 2 unspecified atom stereocenters. The summed E-state index contributed by atoms with van der Waals surface area (Å²) in [6, 6.07) is 0.00235. The summed E-state index contributed by atoms with van der Waals surface area (Å²) in [7, 11) is 6.89. The van der Waals surface area contributed by atoms with E-state index in [0.29, 0.717) is 44.6 Å². The van der Waals surface area contributed by atoms with Crippen LogP contribution in [0.3, 0.4) is 0 Å². The molecule has 10 nitrogen and oxygen atoms in total. The summed E-state index contributed by atoms with van der Waals surface area (Å²) in [4.78, 5) is 48.2. The molecule has 2 atom stereocenters. The van der Waals surface area contributed by atoms with Crippen LogP contribution in [0.5, 0.6) is 0 Å². The van der Waals surface area contributed by atoms with Crippen LogP contribution in [0, 0.1) is 11.8 Å². The van der Waals surface area contributed by atoms with Gasteiger partial charge in [0.25, 0.3) is 5.91 Å². The number of nitrogens with zero attached hydrogens (tertiary/aromatic N) is 5. The van der Waals surface area contributed by atoms with Crippen molar-refractivity contribution < 1.29 is 24.2 Å². The zero-order chi connectivity index (χ0) is 26.5. The van der Waals surface area contributed by atoms with Gasteiger partial charge >= 0.3 is 12.1 Å². The molecule has 0 radical (unpaired) electrons. The molecule has 3 fully saturated rings. The van der Waals surface area contributed by atoms with Gasteiger partial charge in [0.15, 0.2) is 0 Å². The molecule has 1 N–H and O–H groups in total. The smallest absolute Gasteiger partial charge is 0.319 e. The van der Waals surface area contributed by atoms with Crippen molar-refractivity contribution in [1.82, 2.24) is 24.5 Å². The van der Waals surface area contributed by atoms with E-state index in [-0.39, 0.29) is 30.1 Å². The number of carbonyl (C=O) groups excluding carboxylic acids is 3. The van der Waals surface area contributed by atoms with Crippen molar-refractivity contribution in [2.45, 2.75) is 63.5 Å². The number of rotatable bonds is 6. The molecular weight excluding hydrogens is 462 g/mol. The lowest BCUT2D eigenvalue weighted by molar-refractivity contribution is -0.161. The molecular formula is C26H47N5O5. The van der Waals surface area contributed by atoms with E-state index in [1.807, 2.05) is 16.7 Å². The Labute approximate surface area is 216 Å². The lowest BCUT2D eigenvalue weighted by Crippen LogP contribution is -2.67. The number of amides is 5. The summed E-state index contributed by atoms with van der Waals surface area (Å²) in [5.74, 6) is 0.658. The number of likely N-dealkylation sites (N-methyl/N-ethyl adjacent to an activating group) is 1. The van der Waals surface area contributed by atoms with Crippen LogP contribution in [-0.2, 0) is 9.53 Å². The number of carbonyl (C=O) groups is 3. The molecule has 3 heterocycles. The summed E-state index contributed by atoms with van der Waals surface area (Å²) >= 11 is 0. The summed E-state index contributed by atoms with van der Waals surface area (Å²) in [6.45, 7) is 5.56. The molecule has 36 heavy (non-hydrogen) atoms. The molecule has 5 amide bonds.